The van der Waals surface area contributed by atoms with E-state index in [2.05, 4.69) is 19.2 Å². The number of carbonyl (C=O) groups is 2. The molecule has 26 heavy (non-hydrogen) atoms. The smallest absolute Gasteiger partial charge is 0.305 e. The third-order valence-electron chi connectivity index (χ3n) is 4.59. The third-order valence-corrected chi connectivity index (χ3v) is 4.59. The van der Waals surface area contributed by atoms with Crippen molar-refractivity contribution in [3.63, 3.8) is 0 Å². The predicted molar refractivity (Wildman–Crippen MR) is 108 cm³/mol. The average molecular weight is 371 g/mol. The number of nitrogens with two attached hydrogens (primary N) is 1. The summed E-state index contributed by atoms with van der Waals surface area (Å²) < 4.78 is 5.22. The molecule has 0 rings (SSSR count). The molecule has 1 atom stereocenters. The largest absolute Gasteiger partial charge is 0.466 e. The lowest BCUT2D eigenvalue weighted by Crippen LogP contribution is -2.41. The van der Waals surface area contributed by atoms with Crippen molar-refractivity contribution in [2.75, 3.05) is 13.2 Å². The summed E-state index contributed by atoms with van der Waals surface area (Å²) in [7, 11) is 0. The Kier molecular flexibility index (Phi) is 17.9. The summed E-state index contributed by atoms with van der Waals surface area (Å²) in [5.74, 6) is -0.432. The lowest BCUT2D eigenvalue weighted by atomic mass is 10.1. The zero-order valence-corrected chi connectivity index (χ0v) is 17.2. The van der Waals surface area contributed by atoms with Crippen LogP contribution in [0, 0.1) is 0 Å². The number of hydrogen-bond donors (Lipinski definition) is 2. The fourth-order valence-electron chi connectivity index (χ4n) is 2.77. The van der Waals surface area contributed by atoms with Crippen molar-refractivity contribution in [1.29, 1.82) is 0 Å². The molecule has 0 aromatic rings. The van der Waals surface area contributed by atoms with Crippen LogP contribution in [0.25, 0.3) is 0 Å². The minimum Gasteiger partial charge on any atom is -0.466 e. The van der Waals surface area contributed by atoms with Crippen LogP contribution in [-0.2, 0) is 14.3 Å². The second-order valence-corrected chi connectivity index (χ2v) is 7.19. The summed E-state index contributed by atoms with van der Waals surface area (Å²) in [5, 5.41) is 2.78. The molecule has 0 aromatic carbocycles. The Labute approximate surface area is 160 Å². The van der Waals surface area contributed by atoms with E-state index >= 15 is 0 Å². The highest BCUT2D eigenvalue weighted by atomic mass is 16.5. The van der Waals surface area contributed by atoms with Gasteiger partial charge in [0.15, 0.2) is 0 Å². The van der Waals surface area contributed by atoms with Crippen LogP contribution in [0.4, 0.5) is 0 Å². The first-order valence-corrected chi connectivity index (χ1v) is 10.8. The monoisotopic (exact) mass is 370 g/mol. The molecular weight excluding hydrogens is 328 g/mol. The van der Waals surface area contributed by atoms with E-state index in [9.17, 15) is 9.59 Å². The van der Waals surface area contributed by atoms with Crippen LogP contribution in [0.2, 0.25) is 0 Å². The fourth-order valence-corrected chi connectivity index (χ4v) is 2.77. The molecule has 0 spiro atoms. The van der Waals surface area contributed by atoms with Crippen LogP contribution >= 0.6 is 0 Å². The molecule has 5 heteroatoms. The van der Waals surface area contributed by atoms with Gasteiger partial charge in [-0.1, -0.05) is 78.1 Å². The Morgan fingerprint density at radius 2 is 1.38 bits per heavy atom. The molecule has 0 aliphatic rings. The average Bonchev–Trinajstić information content (AvgIpc) is 2.64. The van der Waals surface area contributed by atoms with Crippen molar-refractivity contribution in [2.45, 2.75) is 110 Å². The van der Waals surface area contributed by atoms with Crippen molar-refractivity contribution in [2.24, 2.45) is 5.73 Å². The number of carbonyl (C=O) groups excluding carboxylic acids is 2. The molecule has 3 N–H and O–H groups in total. The van der Waals surface area contributed by atoms with Crippen LogP contribution in [0.1, 0.15) is 104 Å². The van der Waals surface area contributed by atoms with Gasteiger partial charge < -0.3 is 15.8 Å². The van der Waals surface area contributed by atoms with Crippen LogP contribution in [0.3, 0.4) is 0 Å². The van der Waals surface area contributed by atoms with Crippen LogP contribution in [0.15, 0.2) is 0 Å². The van der Waals surface area contributed by atoms with Crippen LogP contribution in [-0.4, -0.2) is 31.1 Å². The van der Waals surface area contributed by atoms with Gasteiger partial charge in [-0.05, 0) is 19.3 Å². The van der Waals surface area contributed by atoms with E-state index in [0.717, 1.165) is 25.7 Å². The van der Waals surface area contributed by atoms with Crippen molar-refractivity contribution in [3.05, 3.63) is 0 Å². The van der Waals surface area contributed by atoms with E-state index in [-0.39, 0.29) is 18.3 Å². The first-order valence-electron chi connectivity index (χ1n) is 10.8. The van der Waals surface area contributed by atoms with Crippen LogP contribution < -0.4 is 11.1 Å². The quantitative estimate of drug-likeness (QED) is 0.275. The molecule has 0 saturated carbocycles. The minimum atomic E-state index is -0.628. The minimum absolute atomic E-state index is 0.180. The standard InChI is InChI=1S/C21H42N2O3/c1-3-5-7-8-9-10-11-12-13-14-18-26-20(24)16-15-19(22)21(25)23-17-6-4-2/h19H,3-18,22H2,1-2H3,(H,23,25)/t19-/m0/s1. The van der Waals surface area contributed by atoms with Gasteiger partial charge in [0.05, 0.1) is 12.6 Å². The van der Waals surface area contributed by atoms with E-state index in [1.54, 1.807) is 0 Å². The first kappa shape index (κ1) is 24.9. The molecule has 0 heterocycles. The van der Waals surface area contributed by atoms with Crippen molar-refractivity contribution >= 4 is 11.9 Å². The Bertz CT molecular complexity index is 348. The summed E-state index contributed by atoms with van der Waals surface area (Å²) in [6.45, 7) is 5.43. The normalized spacial score (nSPS) is 12.0. The Hall–Kier alpha value is -1.10. The third kappa shape index (κ3) is 16.4. The van der Waals surface area contributed by atoms with Gasteiger partial charge in [-0.15, -0.1) is 0 Å². The number of ether oxygens (including phenoxy) is 1. The summed E-state index contributed by atoms with van der Waals surface area (Å²) >= 11 is 0. The maximum absolute atomic E-state index is 11.7. The Balaban J connectivity index is 3.42. The van der Waals surface area contributed by atoms with E-state index in [1.165, 1.54) is 51.4 Å². The van der Waals surface area contributed by atoms with E-state index in [0.29, 0.717) is 19.6 Å². The molecular formula is C21H42N2O3. The van der Waals surface area contributed by atoms with Crippen LogP contribution in [0.5, 0.6) is 0 Å². The number of nitrogens with one attached hydrogen (secondary N) is 1. The molecule has 0 aliphatic heterocycles. The molecule has 0 saturated heterocycles. The molecule has 0 bridgehead atoms. The second-order valence-electron chi connectivity index (χ2n) is 7.19. The van der Waals surface area contributed by atoms with Gasteiger partial charge in [0.25, 0.3) is 0 Å². The number of hydrogen-bond acceptors (Lipinski definition) is 4. The highest BCUT2D eigenvalue weighted by molar-refractivity contribution is 5.82. The fraction of sp³-hybridized carbons (Fsp3) is 0.905. The molecule has 0 fully saturated rings. The zero-order valence-electron chi connectivity index (χ0n) is 17.2. The maximum atomic E-state index is 11.7. The molecule has 1 amide bonds. The number of esters is 1. The summed E-state index contributed by atoms with van der Waals surface area (Å²) in [4.78, 5) is 23.4. The molecule has 5 nitrogen and oxygen atoms in total. The number of rotatable bonds is 18. The van der Waals surface area contributed by atoms with E-state index in [4.69, 9.17) is 10.5 Å². The maximum Gasteiger partial charge on any atom is 0.305 e. The summed E-state index contributed by atoms with van der Waals surface area (Å²) in [5.41, 5.74) is 5.79. The molecule has 0 aliphatic carbocycles. The molecule has 0 aromatic heterocycles. The van der Waals surface area contributed by atoms with Gasteiger partial charge in [-0.25, -0.2) is 0 Å². The Morgan fingerprint density at radius 3 is 1.96 bits per heavy atom. The molecule has 154 valence electrons. The lowest BCUT2D eigenvalue weighted by Gasteiger charge is -2.11. The molecule has 0 radical (unpaired) electrons. The van der Waals surface area contributed by atoms with Gasteiger partial charge in [0, 0.05) is 13.0 Å². The summed E-state index contributed by atoms with van der Waals surface area (Å²) in [6.07, 6.45) is 15.1. The van der Waals surface area contributed by atoms with Gasteiger partial charge in [0.1, 0.15) is 0 Å². The summed E-state index contributed by atoms with van der Waals surface area (Å²) in [6, 6.07) is -0.628. The zero-order chi connectivity index (χ0) is 19.5. The van der Waals surface area contributed by atoms with Crippen molar-refractivity contribution in [3.8, 4) is 0 Å². The van der Waals surface area contributed by atoms with Gasteiger partial charge in [0.2, 0.25) is 5.91 Å². The topological polar surface area (TPSA) is 81.4 Å². The van der Waals surface area contributed by atoms with E-state index in [1.807, 2.05) is 0 Å². The first-order chi connectivity index (χ1) is 12.6. The predicted octanol–water partition coefficient (Wildman–Crippen LogP) is 4.47. The van der Waals surface area contributed by atoms with Gasteiger partial charge >= 0.3 is 5.97 Å². The Morgan fingerprint density at radius 1 is 0.846 bits per heavy atom. The van der Waals surface area contributed by atoms with Crippen molar-refractivity contribution < 1.29 is 14.3 Å². The number of amides is 1. The highest BCUT2D eigenvalue weighted by Gasteiger charge is 2.15. The highest BCUT2D eigenvalue weighted by Crippen LogP contribution is 2.10. The number of unbranched alkanes of at least 4 members (excludes halogenated alkanes) is 10. The molecule has 0 unspecified atom stereocenters. The van der Waals surface area contributed by atoms with Crippen molar-refractivity contribution in [1.82, 2.24) is 5.32 Å². The lowest BCUT2D eigenvalue weighted by molar-refractivity contribution is -0.144. The van der Waals surface area contributed by atoms with E-state index < -0.39 is 6.04 Å². The second kappa shape index (κ2) is 18.7. The SMILES string of the molecule is CCCCCCCCCCCCOC(=O)CC[C@H](N)C(=O)NCCCC. The van der Waals surface area contributed by atoms with Gasteiger partial charge in [-0.3, -0.25) is 9.59 Å². The van der Waals surface area contributed by atoms with Gasteiger partial charge in [-0.2, -0.15) is 0 Å².